The molecule has 0 saturated heterocycles. The minimum Gasteiger partial charge on any atom is -0.456 e. The number of nitrogens with one attached hydrogen (secondary N) is 1. The van der Waals surface area contributed by atoms with Gasteiger partial charge in [-0.1, -0.05) is 270 Å². The summed E-state index contributed by atoms with van der Waals surface area (Å²) in [6, 6.07) is -0.879. The molecule has 0 rings (SSSR count). The van der Waals surface area contributed by atoms with Gasteiger partial charge in [-0.2, -0.15) is 0 Å². The SMILES string of the molecule is CC/C=C\C/C=C\C/C=C\C/C=C\C/C=C\C/C=C\CCCCC(=O)OC(/C=C\CCCCCCCCCCC)C(COP(=O)(O)OCC[N+](C)(C)C)NC(=O)CCCCCCCCCCCCC/C=C\C/C=C\C/C=C\C/C=C\C/C=C\CC. The smallest absolute Gasteiger partial charge is 0.456 e. The van der Waals surface area contributed by atoms with E-state index in [0.717, 1.165) is 135 Å². The summed E-state index contributed by atoms with van der Waals surface area (Å²) in [5.74, 6) is -0.568. The van der Waals surface area contributed by atoms with E-state index in [4.69, 9.17) is 13.8 Å². The van der Waals surface area contributed by atoms with Crippen molar-refractivity contribution in [3.8, 4) is 0 Å². The molecule has 0 aromatic heterocycles. The first-order chi connectivity index (χ1) is 41.4. The molecule has 1 amide bonds. The van der Waals surface area contributed by atoms with E-state index in [0.29, 0.717) is 23.9 Å². The van der Waals surface area contributed by atoms with Crippen LogP contribution in [-0.4, -0.2) is 74.3 Å². The Hall–Kier alpha value is -4.11. The molecule has 3 atom stereocenters. The summed E-state index contributed by atoms with van der Waals surface area (Å²) in [4.78, 5) is 37.8. The monoisotopic (exact) mass is 1200 g/mol. The maximum Gasteiger partial charge on any atom is 0.472 e. The minimum atomic E-state index is -4.47. The van der Waals surface area contributed by atoms with Crippen LogP contribution in [0.25, 0.3) is 0 Å². The van der Waals surface area contributed by atoms with Gasteiger partial charge < -0.3 is 19.4 Å². The van der Waals surface area contributed by atoms with Crippen LogP contribution in [0.15, 0.2) is 146 Å². The van der Waals surface area contributed by atoms with Crippen LogP contribution in [0.3, 0.4) is 0 Å². The molecule has 2 N–H and O–H groups in total. The Balaban J connectivity index is 5.14. The zero-order valence-corrected chi connectivity index (χ0v) is 56.2. The standard InChI is InChI=1S/C75H127N2O7P/c1-7-10-13-16-19-22-25-27-29-31-33-35-36-37-38-39-40-42-43-45-47-49-52-55-58-61-64-67-74(78)76-72(71-83-85(80,81)82-70-69-77(4,5)6)73(66-63-60-57-54-51-24-21-18-15-12-9-3)84-75(79)68-65-62-59-56-53-50-48-46-44-41-34-32-30-28-26-23-20-17-14-11-8-2/h10-11,13-14,19-20,22-23,27-30,33-35,37-38,41,46,48,53,56,63,66,72-73H,7-9,12,15-18,21,24-26,31-32,36,39-40,42-45,47,49-52,54-55,57-62,64-65,67-71H2,1-6H3,(H-,76,78,80,81)/p+1/b13-10-,14-11-,22-19-,23-20-,29-27-,30-28-,35-33-,38-37-,41-34-,48-46-,56-53-,66-63-. The third-order valence-corrected chi connectivity index (χ3v) is 15.3. The van der Waals surface area contributed by atoms with Crippen molar-refractivity contribution in [1.29, 1.82) is 0 Å². The van der Waals surface area contributed by atoms with Crippen LogP contribution in [0.4, 0.5) is 0 Å². The van der Waals surface area contributed by atoms with Crippen LogP contribution in [0.5, 0.6) is 0 Å². The number of rotatable bonds is 60. The van der Waals surface area contributed by atoms with Crippen LogP contribution in [-0.2, 0) is 27.9 Å². The molecule has 484 valence electrons. The van der Waals surface area contributed by atoms with Gasteiger partial charge in [0.15, 0.2) is 0 Å². The first-order valence-electron chi connectivity index (χ1n) is 34.2. The highest BCUT2D eigenvalue weighted by molar-refractivity contribution is 7.47. The summed E-state index contributed by atoms with van der Waals surface area (Å²) in [7, 11) is 1.45. The van der Waals surface area contributed by atoms with Gasteiger partial charge >= 0.3 is 13.8 Å². The van der Waals surface area contributed by atoms with E-state index in [1.807, 2.05) is 33.3 Å². The fourth-order valence-corrected chi connectivity index (χ4v) is 9.82. The Morgan fingerprint density at radius 2 is 0.753 bits per heavy atom. The highest BCUT2D eigenvalue weighted by atomic mass is 31.2. The van der Waals surface area contributed by atoms with Crippen molar-refractivity contribution in [1.82, 2.24) is 5.32 Å². The van der Waals surface area contributed by atoms with Gasteiger partial charge in [-0.05, 0) is 128 Å². The van der Waals surface area contributed by atoms with E-state index >= 15 is 0 Å². The second-order valence-corrected chi connectivity index (χ2v) is 25.0. The van der Waals surface area contributed by atoms with Crippen molar-refractivity contribution < 1.29 is 37.3 Å². The molecule has 9 nitrogen and oxygen atoms in total. The highest BCUT2D eigenvalue weighted by Gasteiger charge is 2.30. The van der Waals surface area contributed by atoms with Gasteiger partial charge in [0.1, 0.15) is 19.3 Å². The molecular formula is C75H128N2O7P+. The first kappa shape index (κ1) is 80.9. The average molecular weight is 1200 g/mol. The summed E-state index contributed by atoms with van der Waals surface area (Å²) in [5.41, 5.74) is 0. The zero-order valence-electron chi connectivity index (χ0n) is 55.3. The summed E-state index contributed by atoms with van der Waals surface area (Å²) >= 11 is 0. The Kier molecular flexibility index (Phi) is 59.9. The fourth-order valence-electron chi connectivity index (χ4n) is 9.09. The third kappa shape index (κ3) is 64.2. The molecule has 3 unspecified atom stereocenters. The van der Waals surface area contributed by atoms with Crippen LogP contribution in [0, 0.1) is 0 Å². The van der Waals surface area contributed by atoms with Crippen LogP contribution < -0.4 is 5.32 Å². The molecule has 0 heterocycles. The molecule has 0 aliphatic carbocycles. The van der Waals surface area contributed by atoms with Crippen LogP contribution >= 0.6 is 7.82 Å². The largest absolute Gasteiger partial charge is 0.472 e. The molecule has 0 aliphatic rings. The molecule has 0 bridgehead atoms. The van der Waals surface area contributed by atoms with E-state index in [2.05, 4.69) is 160 Å². The van der Waals surface area contributed by atoms with E-state index in [1.54, 1.807) is 0 Å². The molecule has 0 fully saturated rings. The van der Waals surface area contributed by atoms with E-state index in [-0.39, 0.29) is 31.5 Å². The second kappa shape index (κ2) is 62.9. The molecule has 0 saturated carbocycles. The number of hydrogen-bond donors (Lipinski definition) is 2. The van der Waals surface area contributed by atoms with E-state index < -0.39 is 20.0 Å². The van der Waals surface area contributed by atoms with Crippen LogP contribution in [0.1, 0.15) is 265 Å². The number of amides is 1. The number of esters is 1. The number of allylic oxidation sites excluding steroid dienone is 23. The Labute approximate surface area is 523 Å². The minimum absolute atomic E-state index is 0.0247. The maximum absolute atomic E-state index is 13.6. The zero-order chi connectivity index (χ0) is 62.1. The maximum atomic E-state index is 13.6. The quantitative estimate of drug-likeness (QED) is 0.0205. The lowest BCUT2D eigenvalue weighted by atomic mass is 10.0. The molecule has 0 aliphatic heterocycles. The van der Waals surface area contributed by atoms with Crippen molar-refractivity contribution in [3.63, 3.8) is 0 Å². The second-order valence-electron chi connectivity index (χ2n) is 23.6. The molecule has 0 aromatic carbocycles. The number of hydrogen-bond acceptors (Lipinski definition) is 6. The Bertz CT molecular complexity index is 1960. The average Bonchev–Trinajstić information content (AvgIpc) is 3.63. The third-order valence-electron chi connectivity index (χ3n) is 14.3. The summed E-state index contributed by atoms with van der Waals surface area (Å²) in [5, 5.41) is 3.05. The van der Waals surface area contributed by atoms with Gasteiger partial charge in [-0.15, -0.1) is 0 Å². The Morgan fingerprint density at radius 3 is 1.14 bits per heavy atom. The van der Waals surface area contributed by atoms with Crippen LogP contribution in [0.2, 0.25) is 0 Å². The van der Waals surface area contributed by atoms with Gasteiger partial charge in [0.2, 0.25) is 5.91 Å². The first-order valence-corrected chi connectivity index (χ1v) is 35.7. The van der Waals surface area contributed by atoms with Crippen molar-refractivity contribution in [2.24, 2.45) is 0 Å². The lowest BCUT2D eigenvalue weighted by Gasteiger charge is -2.27. The van der Waals surface area contributed by atoms with Gasteiger partial charge in [-0.3, -0.25) is 18.6 Å². The van der Waals surface area contributed by atoms with Crippen molar-refractivity contribution >= 4 is 19.7 Å². The number of carbonyl (C=O) groups excluding carboxylic acids is 2. The molecule has 85 heavy (non-hydrogen) atoms. The number of phosphoric acid groups is 1. The van der Waals surface area contributed by atoms with Crippen molar-refractivity contribution in [3.05, 3.63) is 146 Å². The van der Waals surface area contributed by atoms with Gasteiger partial charge in [0, 0.05) is 12.8 Å². The predicted molar refractivity (Wildman–Crippen MR) is 369 cm³/mol. The molecule has 0 spiro atoms. The number of likely N-dealkylation sites (N-methyl/N-ethyl adjacent to an activating group) is 1. The number of phosphoric ester groups is 1. The summed E-state index contributed by atoms with van der Waals surface area (Å²) in [6.07, 6.45) is 91.5. The molecule has 0 radical (unpaired) electrons. The van der Waals surface area contributed by atoms with Gasteiger partial charge in [0.25, 0.3) is 0 Å². The highest BCUT2D eigenvalue weighted by Crippen LogP contribution is 2.43. The number of unbranched alkanes of at least 4 members (excludes halogenated alkanes) is 22. The predicted octanol–water partition coefficient (Wildman–Crippen LogP) is 21.8. The van der Waals surface area contributed by atoms with Crippen molar-refractivity contribution in [2.45, 2.75) is 277 Å². The summed E-state index contributed by atoms with van der Waals surface area (Å²) in [6.45, 7) is 6.74. The van der Waals surface area contributed by atoms with E-state index in [9.17, 15) is 19.0 Å². The number of quaternary nitrogens is 1. The molecular weight excluding hydrogens is 1070 g/mol. The topological polar surface area (TPSA) is 111 Å². The van der Waals surface area contributed by atoms with Crippen molar-refractivity contribution in [2.75, 3.05) is 40.9 Å². The number of nitrogens with zero attached hydrogens (tertiary/aromatic N) is 1. The van der Waals surface area contributed by atoms with Gasteiger partial charge in [0.05, 0.1) is 33.8 Å². The number of carbonyl (C=O) groups is 2. The van der Waals surface area contributed by atoms with E-state index in [1.165, 1.54) is 89.9 Å². The Morgan fingerprint density at radius 1 is 0.424 bits per heavy atom. The summed E-state index contributed by atoms with van der Waals surface area (Å²) < 4.78 is 30.7. The lowest BCUT2D eigenvalue weighted by Crippen LogP contribution is -2.47. The molecule has 0 aromatic rings. The number of ether oxygens (including phenoxy) is 1. The fraction of sp³-hybridized carbons (Fsp3) is 0.653. The van der Waals surface area contributed by atoms with Gasteiger partial charge in [-0.25, -0.2) is 4.57 Å². The molecule has 10 heteroatoms. The lowest BCUT2D eigenvalue weighted by molar-refractivity contribution is -0.870. The normalized spacial score (nSPS) is 14.5.